The Morgan fingerprint density at radius 3 is 2.81 bits per heavy atom. The highest BCUT2D eigenvalue weighted by Gasteiger charge is 2.12. The first-order valence-corrected chi connectivity index (χ1v) is 7.22. The Labute approximate surface area is 134 Å². The minimum atomic E-state index is -0.459. The third-order valence-corrected chi connectivity index (χ3v) is 3.23. The fourth-order valence-electron chi connectivity index (χ4n) is 1.46. The average Bonchev–Trinajstić information content (AvgIpc) is 2.40. The van der Waals surface area contributed by atoms with E-state index < -0.39 is 5.82 Å². The summed E-state index contributed by atoms with van der Waals surface area (Å²) in [6.45, 7) is 2.42. The summed E-state index contributed by atoms with van der Waals surface area (Å²) >= 11 is 9.20. The molecular formula is C12H12BrClFN5O. The molecule has 2 aromatic rings. The zero-order valence-electron chi connectivity index (χ0n) is 11.0. The lowest BCUT2D eigenvalue weighted by Gasteiger charge is -2.10. The first-order chi connectivity index (χ1) is 9.99. The number of nitrogen functional groups attached to an aromatic ring is 1. The SMILES string of the molecule is CCCOc1nc(N)nc(Nc2c(Cl)cc(F)cc2Br)n1. The van der Waals surface area contributed by atoms with E-state index in [9.17, 15) is 4.39 Å². The number of aromatic nitrogens is 3. The zero-order chi connectivity index (χ0) is 15.4. The molecule has 0 amide bonds. The van der Waals surface area contributed by atoms with Crippen molar-refractivity contribution in [1.82, 2.24) is 15.0 Å². The van der Waals surface area contributed by atoms with Crippen molar-refractivity contribution in [1.29, 1.82) is 0 Å². The van der Waals surface area contributed by atoms with Crippen molar-refractivity contribution in [2.24, 2.45) is 0 Å². The highest BCUT2D eigenvalue weighted by molar-refractivity contribution is 9.10. The van der Waals surface area contributed by atoms with Gasteiger partial charge in [0.1, 0.15) is 5.82 Å². The molecule has 21 heavy (non-hydrogen) atoms. The number of rotatable bonds is 5. The number of nitrogens with zero attached hydrogens (tertiary/aromatic N) is 3. The number of nitrogens with one attached hydrogen (secondary N) is 1. The summed E-state index contributed by atoms with van der Waals surface area (Å²) < 4.78 is 18.9. The number of ether oxygens (including phenoxy) is 1. The molecular weight excluding hydrogens is 365 g/mol. The molecule has 0 aliphatic carbocycles. The molecule has 0 radical (unpaired) electrons. The molecule has 1 aromatic carbocycles. The van der Waals surface area contributed by atoms with E-state index in [4.69, 9.17) is 22.1 Å². The Bertz CT molecular complexity index is 635. The largest absolute Gasteiger partial charge is 0.463 e. The van der Waals surface area contributed by atoms with Gasteiger partial charge in [0.15, 0.2) is 0 Å². The molecule has 6 nitrogen and oxygen atoms in total. The monoisotopic (exact) mass is 375 g/mol. The zero-order valence-corrected chi connectivity index (χ0v) is 13.4. The summed E-state index contributed by atoms with van der Waals surface area (Å²) in [6, 6.07) is 2.56. The Hall–Kier alpha value is -1.67. The van der Waals surface area contributed by atoms with Crippen LogP contribution in [0, 0.1) is 5.82 Å². The van der Waals surface area contributed by atoms with E-state index in [1.165, 1.54) is 12.1 Å². The molecule has 0 bridgehead atoms. The number of hydrogen-bond donors (Lipinski definition) is 2. The maximum absolute atomic E-state index is 13.2. The van der Waals surface area contributed by atoms with Crippen LogP contribution >= 0.6 is 27.5 Å². The molecule has 112 valence electrons. The van der Waals surface area contributed by atoms with E-state index in [1.807, 2.05) is 6.92 Å². The van der Waals surface area contributed by atoms with Crippen molar-refractivity contribution in [3.8, 4) is 6.01 Å². The second kappa shape index (κ2) is 6.86. The normalized spacial score (nSPS) is 10.5. The average molecular weight is 377 g/mol. The van der Waals surface area contributed by atoms with Crippen molar-refractivity contribution in [3.05, 3.63) is 27.4 Å². The molecule has 0 fully saturated rings. The lowest BCUT2D eigenvalue weighted by molar-refractivity contribution is 0.292. The smallest absolute Gasteiger partial charge is 0.323 e. The summed E-state index contributed by atoms with van der Waals surface area (Å²) in [4.78, 5) is 11.9. The number of anilines is 3. The topological polar surface area (TPSA) is 86.0 Å². The fourth-order valence-corrected chi connectivity index (χ4v) is 2.36. The molecule has 0 unspecified atom stereocenters. The molecule has 2 rings (SSSR count). The third-order valence-electron chi connectivity index (χ3n) is 2.31. The molecule has 0 saturated heterocycles. The standard InChI is InChI=1S/C12H12BrClFN5O/c1-2-3-21-12-19-10(16)18-11(20-12)17-9-7(13)4-6(15)5-8(9)14/h4-5H,2-3H2,1H3,(H3,16,17,18,19,20). The summed E-state index contributed by atoms with van der Waals surface area (Å²) in [5, 5.41) is 3.04. The van der Waals surface area contributed by atoms with E-state index in [0.29, 0.717) is 16.8 Å². The molecule has 1 heterocycles. The van der Waals surface area contributed by atoms with Gasteiger partial charge >= 0.3 is 6.01 Å². The van der Waals surface area contributed by atoms with Crippen molar-refractivity contribution in [2.75, 3.05) is 17.7 Å². The van der Waals surface area contributed by atoms with Crippen molar-refractivity contribution in [2.45, 2.75) is 13.3 Å². The fraction of sp³-hybridized carbons (Fsp3) is 0.250. The van der Waals surface area contributed by atoms with E-state index in [2.05, 4.69) is 36.2 Å². The van der Waals surface area contributed by atoms with E-state index in [0.717, 1.165) is 6.42 Å². The van der Waals surface area contributed by atoms with Crippen molar-refractivity contribution < 1.29 is 9.13 Å². The second-order valence-electron chi connectivity index (χ2n) is 4.02. The van der Waals surface area contributed by atoms with Crippen LogP contribution in [0.3, 0.4) is 0 Å². The molecule has 0 atom stereocenters. The predicted molar refractivity (Wildman–Crippen MR) is 82.4 cm³/mol. The van der Waals surface area contributed by atoms with Gasteiger partial charge < -0.3 is 15.8 Å². The summed E-state index contributed by atoms with van der Waals surface area (Å²) in [5.41, 5.74) is 6.02. The Morgan fingerprint density at radius 1 is 1.38 bits per heavy atom. The lowest BCUT2D eigenvalue weighted by Crippen LogP contribution is -2.08. The van der Waals surface area contributed by atoms with Gasteiger partial charge in [0.05, 0.1) is 17.3 Å². The molecule has 0 aliphatic rings. The second-order valence-corrected chi connectivity index (χ2v) is 5.28. The van der Waals surface area contributed by atoms with Crippen molar-refractivity contribution >= 4 is 45.1 Å². The maximum Gasteiger partial charge on any atom is 0.323 e. The molecule has 0 aliphatic heterocycles. The highest BCUT2D eigenvalue weighted by Crippen LogP contribution is 2.33. The van der Waals surface area contributed by atoms with Crippen LogP contribution in [-0.2, 0) is 0 Å². The van der Waals surface area contributed by atoms with Crippen molar-refractivity contribution in [3.63, 3.8) is 0 Å². The van der Waals surface area contributed by atoms with Gasteiger partial charge in [-0.25, -0.2) is 4.39 Å². The third kappa shape index (κ3) is 4.15. The van der Waals surface area contributed by atoms with Crippen LogP contribution < -0.4 is 15.8 Å². The summed E-state index contributed by atoms with van der Waals surface area (Å²) in [6.07, 6.45) is 0.809. The van der Waals surface area contributed by atoms with Crippen LogP contribution in [0.1, 0.15) is 13.3 Å². The van der Waals surface area contributed by atoms with Crippen LogP contribution in [0.25, 0.3) is 0 Å². The lowest BCUT2D eigenvalue weighted by atomic mass is 10.3. The molecule has 1 aromatic heterocycles. The van der Waals surface area contributed by atoms with Gasteiger partial charge in [0, 0.05) is 4.47 Å². The van der Waals surface area contributed by atoms with E-state index >= 15 is 0 Å². The van der Waals surface area contributed by atoms with Crippen LogP contribution in [0.2, 0.25) is 5.02 Å². The summed E-state index contributed by atoms with van der Waals surface area (Å²) in [7, 11) is 0. The van der Waals surface area contributed by atoms with Gasteiger partial charge in [-0.2, -0.15) is 15.0 Å². The van der Waals surface area contributed by atoms with Gasteiger partial charge in [-0.3, -0.25) is 0 Å². The molecule has 0 spiro atoms. The van der Waals surface area contributed by atoms with Crippen LogP contribution in [0.15, 0.2) is 16.6 Å². The van der Waals surface area contributed by atoms with Crippen LogP contribution in [-0.4, -0.2) is 21.6 Å². The Kier molecular flexibility index (Phi) is 5.13. The molecule has 9 heteroatoms. The maximum atomic E-state index is 13.2. The Morgan fingerprint density at radius 2 is 2.14 bits per heavy atom. The van der Waals surface area contributed by atoms with Crippen LogP contribution in [0.5, 0.6) is 6.01 Å². The number of benzene rings is 1. The highest BCUT2D eigenvalue weighted by atomic mass is 79.9. The molecule has 3 N–H and O–H groups in total. The van der Waals surface area contributed by atoms with Gasteiger partial charge in [-0.15, -0.1) is 0 Å². The minimum absolute atomic E-state index is 0.00737. The number of halogens is 3. The predicted octanol–water partition coefficient (Wildman–Crippen LogP) is 3.54. The van der Waals surface area contributed by atoms with E-state index in [-0.39, 0.29) is 22.9 Å². The van der Waals surface area contributed by atoms with Gasteiger partial charge in [0.2, 0.25) is 11.9 Å². The number of nitrogens with two attached hydrogens (primary N) is 1. The first-order valence-electron chi connectivity index (χ1n) is 6.05. The minimum Gasteiger partial charge on any atom is -0.463 e. The van der Waals surface area contributed by atoms with Gasteiger partial charge in [-0.1, -0.05) is 18.5 Å². The number of hydrogen-bond acceptors (Lipinski definition) is 6. The van der Waals surface area contributed by atoms with Gasteiger partial charge in [-0.05, 0) is 34.5 Å². The molecule has 0 saturated carbocycles. The Balaban J connectivity index is 2.29. The first kappa shape index (κ1) is 15.7. The van der Waals surface area contributed by atoms with Crippen LogP contribution in [0.4, 0.5) is 22.0 Å². The quantitative estimate of drug-likeness (QED) is 0.830. The summed E-state index contributed by atoms with van der Waals surface area (Å²) in [5.74, 6) is -0.296. The van der Waals surface area contributed by atoms with Gasteiger partial charge in [0.25, 0.3) is 0 Å². The van der Waals surface area contributed by atoms with E-state index in [1.54, 1.807) is 0 Å².